The van der Waals surface area contributed by atoms with Crippen LogP contribution in [0.4, 0.5) is 0 Å². The van der Waals surface area contributed by atoms with Gasteiger partial charge >= 0.3 is 11.9 Å². The predicted octanol–water partition coefficient (Wildman–Crippen LogP) is 3.54. The van der Waals surface area contributed by atoms with Crippen molar-refractivity contribution in [2.75, 3.05) is 0 Å². The van der Waals surface area contributed by atoms with E-state index in [0.717, 1.165) is 0 Å². The SMILES string of the molecule is CC(C)(C)c1c(C(=O)OO)ccc(C(=O)OO)c1C(C)(C)C. The molecule has 6 nitrogen and oxygen atoms in total. The molecule has 0 saturated heterocycles. The van der Waals surface area contributed by atoms with Crippen molar-refractivity contribution in [3.63, 3.8) is 0 Å². The normalized spacial score (nSPS) is 12.0. The minimum absolute atomic E-state index is 0.161. The molecule has 0 aliphatic heterocycles. The Balaban J connectivity index is 3.92. The molecule has 0 spiro atoms. The van der Waals surface area contributed by atoms with Crippen molar-refractivity contribution >= 4 is 11.9 Å². The summed E-state index contributed by atoms with van der Waals surface area (Å²) in [5.41, 5.74) is 0.406. The highest BCUT2D eigenvalue weighted by molar-refractivity contribution is 5.97. The quantitative estimate of drug-likeness (QED) is 0.641. The molecule has 0 aromatic heterocycles. The lowest BCUT2D eigenvalue weighted by atomic mass is 9.71. The lowest BCUT2D eigenvalue weighted by Crippen LogP contribution is -2.29. The van der Waals surface area contributed by atoms with Gasteiger partial charge in [-0.15, -0.1) is 0 Å². The summed E-state index contributed by atoms with van der Waals surface area (Å²) in [7, 11) is 0. The maximum absolute atomic E-state index is 11.9. The first-order valence-corrected chi connectivity index (χ1v) is 6.84. The van der Waals surface area contributed by atoms with E-state index in [2.05, 4.69) is 9.78 Å². The fraction of sp³-hybridized carbons (Fsp3) is 0.500. The van der Waals surface area contributed by atoms with Gasteiger partial charge in [0.15, 0.2) is 0 Å². The highest BCUT2D eigenvalue weighted by atomic mass is 17.1. The zero-order valence-corrected chi connectivity index (χ0v) is 13.7. The number of carbonyl (C=O) groups is 2. The maximum atomic E-state index is 11.9. The van der Waals surface area contributed by atoms with Crippen molar-refractivity contribution in [3.8, 4) is 0 Å². The molecule has 0 fully saturated rings. The highest BCUT2D eigenvalue weighted by Gasteiger charge is 2.34. The third-order valence-electron chi connectivity index (χ3n) is 3.31. The van der Waals surface area contributed by atoms with E-state index in [4.69, 9.17) is 10.5 Å². The topological polar surface area (TPSA) is 93.1 Å². The van der Waals surface area contributed by atoms with Crippen LogP contribution in [0, 0.1) is 0 Å². The molecule has 1 rings (SSSR count). The Morgan fingerprint density at radius 1 is 0.773 bits per heavy atom. The molecule has 22 heavy (non-hydrogen) atoms. The van der Waals surface area contributed by atoms with E-state index >= 15 is 0 Å². The van der Waals surface area contributed by atoms with E-state index in [-0.39, 0.29) is 11.1 Å². The summed E-state index contributed by atoms with van der Waals surface area (Å²) in [6.45, 7) is 11.2. The second-order valence-electron chi connectivity index (χ2n) is 7.17. The number of carbonyl (C=O) groups excluding carboxylic acids is 2. The minimum atomic E-state index is -0.903. The zero-order chi connectivity index (χ0) is 17.3. The van der Waals surface area contributed by atoms with Crippen molar-refractivity contribution in [2.24, 2.45) is 0 Å². The largest absolute Gasteiger partial charge is 0.373 e. The zero-order valence-electron chi connectivity index (χ0n) is 13.7. The van der Waals surface area contributed by atoms with E-state index in [1.807, 2.05) is 41.5 Å². The molecule has 0 aliphatic rings. The van der Waals surface area contributed by atoms with Crippen LogP contribution in [-0.2, 0) is 20.6 Å². The summed E-state index contributed by atoms with van der Waals surface area (Å²) in [5, 5.41) is 17.4. The summed E-state index contributed by atoms with van der Waals surface area (Å²) in [6, 6.07) is 2.75. The van der Waals surface area contributed by atoms with Crippen LogP contribution in [0.25, 0.3) is 0 Å². The van der Waals surface area contributed by atoms with Crippen LogP contribution in [-0.4, -0.2) is 22.5 Å². The first-order chi connectivity index (χ1) is 9.95. The summed E-state index contributed by atoms with van der Waals surface area (Å²) >= 11 is 0. The Labute approximate surface area is 129 Å². The van der Waals surface area contributed by atoms with Gasteiger partial charge in [-0.3, -0.25) is 9.78 Å². The van der Waals surface area contributed by atoms with E-state index < -0.39 is 22.8 Å². The predicted molar refractivity (Wildman–Crippen MR) is 79.9 cm³/mol. The molecule has 0 bridgehead atoms. The molecular weight excluding hydrogens is 288 g/mol. The summed E-state index contributed by atoms with van der Waals surface area (Å²) in [4.78, 5) is 31.5. The number of hydrogen-bond acceptors (Lipinski definition) is 6. The molecule has 0 heterocycles. The van der Waals surface area contributed by atoms with Gasteiger partial charge in [0.1, 0.15) is 0 Å². The Kier molecular flexibility index (Phi) is 4.99. The van der Waals surface area contributed by atoms with Crippen molar-refractivity contribution in [1.29, 1.82) is 0 Å². The number of hydrogen-bond donors (Lipinski definition) is 2. The van der Waals surface area contributed by atoms with Crippen LogP contribution in [0.5, 0.6) is 0 Å². The van der Waals surface area contributed by atoms with Gasteiger partial charge in [0.2, 0.25) is 0 Å². The van der Waals surface area contributed by atoms with Gasteiger partial charge in [0.05, 0.1) is 11.1 Å². The molecule has 0 unspecified atom stereocenters. The molecule has 1 aromatic carbocycles. The second-order valence-corrected chi connectivity index (χ2v) is 7.17. The second kappa shape index (κ2) is 6.06. The van der Waals surface area contributed by atoms with Crippen molar-refractivity contribution in [2.45, 2.75) is 52.4 Å². The van der Waals surface area contributed by atoms with Gasteiger partial charge in [0.25, 0.3) is 0 Å². The van der Waals surface area contributed by atoms with Crippen molar-refractivity contribution < 1.29 is 29.9 Å². The monoisotopic (exact) mass is 310 g/mol. The van der Waals surface area contributed by atoms with Gasteiger partial charge in [-0.1, -0.05) is 41.5 Å². The molecule has 0 radical (unpaired) electrons. The minimum Gasteiger partial charge on any atom is -0.295 e. The third kappa shape index (κ3) is 3.45. The van der Waals surface area contributed by atoms with E-state index in [0.29, 0.717) is 11.1 Å². The summed E-state index contributed by atoms with van der Waals surface area (Å²) < 4.78 is 0. The van der Waals surface area contributed by atoms with Crippen LogP contribution < -0.4 is 0 Å². The Bertz CT molecular complexity index is 537. The van der Waals surface area contributed by atoms with Crippen LogP contribution in [0.3, 0.4) is 0 Å². The van der Waals surface area contributed by atoms with E-state index in [1.54, 1.807) is 0 Å². The van der Waals surface area contributed by atoms with Gasteiger partial charge in [-0.25, -0.2) is 9.59 Å². The first kappa shape index (κ1) is 18.1. The Morgan fingerprint density at radius 3 is 1.23 bits per heavy atom. The summed E-state index contributed by atoms with van der Waals surface area (Å²) in [5.74, 6) is -1.81. The lowest BCUT2D eigenvalue weighted by molar-refractivity contribution is -0.183. The standard InChI is InChI=1S/C16H22O6/c1-15(2,3)11-9(13(17)21-19)7-8-10(14(18)22-20)12(11)16(4,5)6/h7-8,19-20H,1-6H3. The molecule has 6 heteroatoms. The number of benzene rings is 1. The van der Waals surface area contributed by atoms with Gasteiger partial charge in [-0.2, -0.15) is 10.5 Å². The lowest BCUT2D eigenvalue weighted by Gasteiger charge is -2.33. The van der Waals surface area contributed by atoms with Crippen LogP contribution in [0.2, 0.25) is 0 Å². The molecule has 2 N–H and O–H groups in total. The van der Waals surface area contributed by atoms with E-state index in [9.17, 15) is 9.59 Å². The Morgan fingerprint density at radius 2 is 1.05 bits per heavy atom. The maximum Gasteiger partial charge on any atom is 0.373 e. The fourth-order valence-corrected chi connectivity index (χ4v) is 2.60. The van der Waals surface area contributed by atoms with Crippen molar-refractivity contribution in [1.82, 2.24) is 0 Å². The van der Waals surface area contributed by atoms with Crippen LogP contribution >= 0.6 is 0 Å². The smallest absolute Gasteiger partial charge is 0.295 e. The van der Waals surface area contributed by atoms with Crippen LogP contribution in [0.1, 0.15) is 73.4 Å². The van der Waals surface area contributed by atoms with Gasteiger partial charge in [-0.05, 0) is 34.1 Å². The molecule has 0 aliphatic carbocycles. The third-order valence-corrected chi connectivity index (χ3v) is 3.31. The van der Waals surface area contributed by atoms with E-state index in [1.165, 1.54) is 12.1 Å². The Hall–Kier alpha value is -1.92. The average Bonchev–Trinajstić information content (AvgIpc) is 2.42. The summed E-state index contributed by atoms with van der Waals surface area (Å²) in [6.07, 6.45) is 0. The molecular formula is C16H22O6. The molecule has 0 amide bonds. The van der Waals surface area contributed by atoms with Crippen LogP contribution in [0.15, 0.2) is 12.1 Å². The number of rotatable bonds is 2. The fourth-order valence-electron chi connectivity index (χ4n) is 2.60. The highest BCUT2D eigenvalue weighted by Crippen LogP contribution is 2.39. The molecule has 122 valence electrons. The molecule has 0 atom stereocenters. The molecule has 0 saturated carbocycles. The average molecular weight is 310 g/mol. The van der Waals surface area contributed by atoms with Crippen molar-refractivity contribution in [3.05, 3.63) is 34.4 Å². The molecule has 1 aromatic rings. The van der Waals surface area contributed by atoms with Gasteiger partial charge < -0.3 is 0 Å². The van der Waals surface area contributed by atoms with Gasteiger partial charge in [0, 0.05) is 0 Å². The first-order valence-electron chi connectivity index (χ1n) is 6.84.